The zero-order chi connectivity index (χ0) is 17.3. The van der Waals surface area contributed by atoms with Crippen LogP contribution in [-0.2, 0) is 0 Å². The Balaban J connectivity index is 2.36. The lowest BCUT2D eigenvalue weighted by Crippen LogP contribution is -2.22. The Morgan fingerprint density at radius 3 is 1.83 bits per heavy atom. The number of halogens is 6. The van der Waals surface area contributed by atoms with Crippen LogP contribution < -0.4 is 9.47 Å². The molecule has 0 atom stereocenters. The van der Waals surface area contributed by atoms with E-state index in [0.29, 0.717) is 31.1 Å². The molecule has 0 aliphatic carbocycles. The van der Waals surface area contributed by atoms with Crippen molar-refractivity contribution in [2.45, 2.75) is 19.1 Å². The molecule has 9 heteroatoms. The van der Waals surface area contributed by atoms with E-state index in [1.165, 1.54) is 0 Å². The van der Waals surface area contributed by atoms with E-state index in [2.05, 4.69) is 16.5 Å². The summed E-state index contributed by atoms with van der Waals surface area (Å²) in [6.07, 6.45) is -7.91. The van der Waals surface area contributed by atoms with Crippen molar-refractivity contribution in [3.8, 4) is 11.5 Å². The average Bonchev–Trinajstić information content (AvgIpc) is 2.34. The van der Waals surface area contributed by atoms with Crippen LogP contribution in [-0.4, -0.2) is 30.7 Å². The zero-order valence-corrected chi connectivity index (χ0v) is 11.7. The third kappa shape index (κ3) is 5.66. The summed E-state index contributed by atoms with van der Waals surface area (Å²) in [5.74, 6) is -1.54. The van der Waals surface area contributed by atoms with Crippen molar-refractivity contribution in [1.82, 2.24) is 4.90 Å². The summed E-state index contributed by atoms with van der Waals surface area (Å²) in [5.41, 5.74) is 0.781. The smallest absolute Gasteiger partial charge is 0.406 e. The van der Waals surface area contributed by atoms with Crippen LogP contribution in [0, 0.1) is 7.05 Å². The maximum absolute atomic E-state index is 12.3. The molecule has 0 bridgehead atoms. The first-order chi connectivity index (χ1) is 10.5. The first kappa shape index (κ1) is 17.5. The number of alkyl halides is 6. The molecule has 1 aromatic carbocycles. The van der Waals surface area contributed by atoms with E-state index in [9.17, 15) is 26.3 Å². The summed E-state index contributed by atoms with van der Waals surface area (Å²) in [4.78, 5) is 1.71. The molecule has 0 amide bonds. The second-order valence-corrected chi connectivity index (χ2v) is 4.85. The molecule has 0 aromatic heterocycles. The van der Waals surface area contributed by atoms with Crippen molar-refractivity contribution in [3.63, 3.8) is 0 Å². The van der Waals surface area contributed by atoms with Gasteiger partial charge in [-0.25, -0.2) is 0 Å². The van der Waals surface area contributed by atoms with Crippen LogP contribution in [0.1, 0.15) is 12.0 Å². The summed E-state index contributed by atoms with van der Waals surface area (Å²) in [5, 5.41) is 0. The maximum atomic E-state index is 12.3. The van der Waals surface area contributed by atoms with Crippen molar-refractivity contribution in [3.05, 3.63) is 36.9 Å². The van der Waals surface area contributed by atoms with Crippen LogP contribution in [0.5, 0.6) is 11.5 Å². The third-order valence-electron chi connectivity index (χ3n) is 3.01. The van der Waals surface area contributed by atoms with Crippen LogP contribution in [0.3, 0.4) is 0 Å². The highest BCUT2D eigenvalue weighted by molar-refractivity contribution is 5.69. The van der Waals surface area contributed by atoms with Gasteiger partial charge in [0, 0.05) is 26.2 Å². The largest absolute Gasteiger partial charge is 0.573 e. The molecule has 2 rings (SSSR count). The monoisotopic (exact) mass is 340 g/mol. The van der Waals surface area contributed by atoms with Crippen molar-refractivity contribution in [2.75, 3.05) is 13.1 Å². The van der Waals surface area contributed by atoms with E-state index in [4.69, 9.17) is 0 Å². The van der Waals surface area contributed by atoms with Gasteiger partial charge < -0.3 is 9.47 Å². The first-order valence-electron chi connectivity index (χ1n) is 6.43. The van der Waals surface area contributed by atoms with Gasteiger partial charge >= 0.3 is 12.7 Å². The predicted octanol–water partition coefficient (Wildman–Crippen LogP) is 4.36. The number of rotatable bonds is 3. The molecule has 1 heterocycles. The van der Waals surface area contributed by atoms with Crippen molar-refractivity contribution in [1.29, 1.82) is 0 Å². The molecule has 1 aliphatic heterocycles. The highest BCUT2D eigenvalue weighted by atomic mass is 19.4. The topological polar surface area (TPSA) is 21.7 Å². The fourth-order valence-corrected chi connectivity index (χ4v) is 2.12. The molecular weight excluding hydrogens is 328 g/mol. The Hall–Kier alpha value is -1.90. The van der Waals surface area contributed by atoms with Crippen LogP contribution in [0.2, 0.25) is 0 Å². The fourth-order valence-electron chi connectivity index (χ4n) is 2.12. The minimum absolute atomic E-state index is 0.180. The zero-order valence-electron chi connectivity index (χ0n) is 11.7. The van der Waals surface area contributed by atoms with E-state index in [0.717, 1.165) is 12.1 Å². The van der Waals surface area contributed by atoms with Gasteiger partial charge in [0.15, 0.2) is 0 Å². The van der Waals surface area contributed by atoms with Crippen LogP contribution >= 0.6 is 0 Å². The van der Waals surface area contributed by atoms with E-state index < -0.39 is 24.2 Å². The molecule has 1 radical (unpaired) electrons. The lowest BCUT2D eigenvalue weighted by Gasteiger charge is -2.22. The Kier molecular flexibility index (Phi) is 4.79. The fraction of sp³-hybridized carbons (Fsp3) is 0.357. The van der Waals surface area contributed by atoms with E-state index in [-0.39, 0.29) is 5.56 Å². The van der Waals surface area contributed by atoms with Gasteiger partial charge in [-0.3, -0.25) is 4.90 Å². The Morgan fingerprint density at radius 1 is 0.913 bits per heavy atom. The summed E-state index contributed by atoms with van der Waals surface area (Å²) in [6, 6.07) is 2.60. The first-order valence-corrected chi connectivity index (χ1v) is 6.43. The molecule has 0 saturated carbocycles. The molecule has 1 aliphatic rings. The van der Waals surface area contributed by atoms with Gasteiger partial charge in [0.1, 0.15) is 11.5 Å². The molecule has 0 unspecified atom stereocenters. The second-order valence-electron chi connectivity index (χ2n) is 4.85. The molecule has 1 aromatic rings. The van der Waals surface area contributed by atoms with Crippen LogP contribution in [0.4, 0.5) is 26.3 Å². The van der Waals surface area contributed by atoms with E-state index in [1.807, 2.05) is 0 Å². The minimum atomic E-state index is -5.01. The van der Waals surface area contributed by atoms with Gasteiger partial charge in [-0.2, -0.15) is 0 Å². The third-order valence-corrected chi connectivity index (χ3v) is 3.01. The van der Waals surface area contributed by atoms with Crippen LogP contribution in [0.15, 0.2) is 24.3 Å². The molecule has 3 nitrogen and oxygen atoms in total. The van der Waals surface area contributed by atoms with E-state index >= 15 is 0 Å². The lowest BCUT2D eigenvalue weighted by atomic mass is 9.99. The summed E-state index contributed by atoms with van der Waals surface area (Å²) < 4.78 is 81.4. The van der Waals surface area contributed by atoms with Gasteiger partial charge in [-0.15, -0.1) is 26.3 Å². The molecule has 0 saturated heterocycles. The van der Waals surface area contributed by atoms with Gasteiger partial charge in [0.05, 0.1) is 0 Å². The van der Waals surface area contributed by atoms with Gasteiger partial charge in [-0.1, -0.05) is 6.08 Å². The van der Waals surface area contributed by atoms with Crippen molar-refractivity contribution >= 4 is 5.57 Å². The van der Waals surface area contributed by atoms with Crippen molar-refractivity contribution < 1.29 is 35.8 Å². The molecule has 23 heavy (non-hydrogen) atoms. The molecular formula is C14H12F6NO2. The molecule has 0 N–H and O–H groups in total. The van der Waals surface area contributed by atoms with Crippen LogP contribution in [0.25, 0.3) is 5.57 Å². The van der Waals surface area contributed by atoms with Gasteiger partial charge in [-0.05, 0) is 29.7 Å². The second kappa shape index (κ2) is 6.31. The highest BCUT2D eigenvalue weighted by Gasteiger charge is 2.34. The lowest BCUT2D eigenvalue weighted by molar-refractivity contribution is -0.276. The van der Waals surface area contributed by atoms with E-state index in [1.54, 1.807) is 11.0 Å². The maximum Gasteiger partial charge on any atom is 0.573 e. The number of benzene rings is 1. The summed E-state index contributed by atoms with van der Waals surface area (Å²) >= 11 is 0. The standard InChI is InChI=1S/C14H12F6NO2/c1-21-4-2-9(3-5-21)10-6-11(22-13(15,16)17)8-12(7-10)23-14(18,19)20/h2,6-8H,1,3-5H2. The minimum Gasteiger partial charge on any atom is -0.406 e. The Morgan fingerprint density at radius 2 is 1.43 bits per heavy atom. The normalized spacial score (nSPS) is 16.9. The SMILES string of the molecule is [CH2]N1CC=C(c2cc(OC(F)(F)F)cc(OC(F)(F)F)c2)CC1. The molecule has 127 valence electrons. The Bertz CT molecular complexity index is 560. The molecule has 0 spiro atoms. The van der Waals surface area contributed by atoms with Gasteiger partial charge in [0.25, 0.3) is 0 Å². The predicted molar refractivity (Wildman–Crippen MR) is 69.3 cm³/mol. The number of hydrogen-bond donors (Lipinski definition) is 0. The summed E-state index contributed by atoms with van der Waals surface area (Å²) in [7, 11) is 3.70. The van der Waals surface area contributed by atoms with Crippen molar-refractivity contribution in [2.24, 2.45) is 0 Å². The number of ether oxygens (including phenoxy) is 2. The van der Waals surface area contributed by atoms with Gasteiger partial charge in [0.2, 0.25) is 0 Å². The Labute approximate surface area is 128 Å². The molecule has 0 fully saturated rings. The summed E-state index contributed by atoms with van der Waals surface area (Å²) in [6.45, 7) is 0.973. The quantitative estimate of drug-likeness (QED) is 0.763. The number of nitrogens with zero attached hydrogens (tertiary/aromatic N) is 1. The average molecular weight is 340 g/mol. The number of hydrogen-bond acceptors (Lipinski definition) is 3. The highest BCUT2D eigenvalue weighted by Crippen LogP contribution is 2.34.